The molecule has 0 aliphatic heterocycles. The highest BCUT2D eigenvalue weighted by atomic mass is 16.3. The second kappa shape index (κ2) is 11.3. The monoisotopic (exact) mass is 653 g/mol. The maximum absolute atomic E-state index is 6.49. The third-order valence-corrected chi connectivity index (χ3v) is 10.9. The zero-order valence-electron chi connectivity index (χ0n) is 28.6. The first-order valence-electron chi connectivity index (χ1n) is 17.7. The molecule has 0 unspecified atom stereocenters. The van der Waals surface area contributed by atoms with E-state index < -0.39 is 0 Å². The summed E-state index contributed by atoms with van der Waals surface area (Å²) in [4.78, 5) is 2.50. The van der Waals surface area contributed by atoms with Crippen LogP contribution in [0.15, 0.2) is 180 Å². The van der Waals surface area contributed by atoms with Gasteiger partial charge in [0.25, 0.3) is 0 Å². The van der Waals surface area contributed by atoms with Crippen molar-refractivity contribution >= 4 is 49.8 Å². The van der Waals surface area contributed by atoms with Crippen LogP contribution in [0.1, 0.15) is 25.0 Å². The quantitative estimate of drug-likeness (QED) is 0.184. The van der Waals surface area contributed by atoms with E-state index in [1.54, 1.807) is 0 Å². The van der Waals surface area contributed by atoms with Crippen LogP contribution in [0.25, 0.3) is 66.1 Å². The van der Waals surface area contributed by atoms with Gasteiger partial charge in [-0.15, -0.1) is 0 Å². The normalized spacial score (nSPS) is 13.1. The Morgan fingerprint density at radius 2 is 1.08 bits per heavy atom. The van der Waals surface area contributed by atoms with Gasteiger partial charge in [0, 0.05) is 27.4 Å². The van der Waals surface area contributed by atoms with Crippen LogP contribution in [0.2, 0.25) is 0 Å². The van der Waals surface area contributed by atoms with Crippen molar-refractivity contribution < 1.29 is 4.42 Å². The Hall–Kier alpha value is -6.38. The summed E-state index contributed by atoms with van der Waals surface area (Å²) in [5.41, 5.74) is 15.1. The lowest BCUT2D eigenvalue weighted by atomic mass is 9.81. The van der Waals surface area contributed by atoms with E-state index in [0.717, 1.165) is 33.3 Å². The maximum Gasteiger partial charge on any atom is 0.137 e. The van der Waals surface area contributed by atoms with Gasteiger partial charge in [0.2, 0.25) is 0 Å². The predicted molar refractivity (Wildman–Crippen MR) is 214 cm³/mol. The highest BCUT2D eigenvalue weighted by Gasteiger charge is 2.39. The van der Waals surface area contributed by atoms with Crippen LogP contribution in [0, 0.1) is 0 Å². The van der Waals surface area contributed by atoms with Gasteiger partial charge in [0.1, 0.15) is 11.2 Å². The van der Waals surface area contributed by atoms with E-state index in [-0.39, 0.29) is 5.41 Å². The van der Waals surface area contributed by atoms with E-state index in [1.807, 2.05) is 6.07 Å². The lowest BCUT2D eigenvalue weighted by Crippen LogP contribution is -2.16. The Morgan fingerprint density at radius 3 is 1.86 bits per heavy atom. The van der Waals surface area contributed by atoms with Gasteiger partial charge < -0.3 is 9.32 Å². The van der Waals surface area contributed by atoms with Gasteiger partial charge in [-0.05, 0) is 80.7 Å². The van der Waals surface area contributed by atoms with E-state index in [0.29, 0.717) is 0 Å². The fraction of sp³-hybridized carbons (Fsp3) is 0.0612. The van der Waals surface area contributed by atoms with E-state index in [1.165, 1.54) is 61.0 Å². The summed E-state index contributed by atoms with van der Waals surface area (Å²) in [5, 5.41) is 4.67. The molecule has 0 spiro atoms. The molecule has 0 saturated heterocycles. The second-order valence-corrected chi connectivity index (χ2v) is 14.1. The average Bonchev–Trinajstić information content (AvgIpc) is 3.68. The molecule has 0 fully saturated rings. The average molecular weight is 654 g/mol. The summed E-state index contributed by atoms with van der Waals surface area (Å²) in [6.45, 7) is 4.73. The van der Waals surface area contributed by atoms with Gasteiger partial charge in [-0.2, -0.15) is 0 Å². The number of fused-ring (bicyclic) bond motifs is 7. The van der Waals surface area contributed by atoms with Gasteiger partial charge in [-0.1, -0.05) is 153 Å². The number of nitrogens with zero attached hydrogens (tertiary/aromatic N) is 1. The molecule has 1 aliphatic rings. The fourth-order valence-electron chi connectivity index (χ4n) is 8.44. The second-order valence-electron chi connectivity index (χ2n) is 14.1. The third-order valence-electron chi connectivity index (χ3n) is 10.9. The highest BCUT2D eigenvalue weighted by Crippen LogP contribution is 2.57. The lowest BCUT2D eigenvalue weighted by molar-refractivity contribution is 0.661. The number of anilines is 3. The molecule has 2 nitrogen and oxygen atoms in total. The maximum atomic E-state index is 6.49. The van der Waals surface area contributed by atoms with Crippen LogP contribution in [-0.4, -0.2) is 0 Å². The van der Waals surface area contributed by atoms with Crippen LogP contribution in [0.5, 0.6) is 0 Å². The first kappa shape index (κ1) is 29.5. The Morgan fingerprint density at radius 1 is 0.471 bits per heavy atom. The Bertz CT molecular complexity index is 2770. The van der Waals surface area contributed by atoms with Gasteiger partial charge in [0.05, 0.1) is 16.8 Å². The first-order valence-corrected chi connectivity index (χ1v) is 17.7. The molecule has 0 amide bonds. The molecular formula is C49H35NO. The predicted octanol–water partition coefficient (Wildman–Crippen LogP) is 13.8. The molecule has 0 N–H and O–H groups in total. The fourth-order valence-corrected chi connectivity index (χ4v) is 8.44. The molecule has 1 aliphatic carbocycles. The summed E-state index contributed by atoms with van der Waals surface area (Å²) < 4.78 is 6.49. The molecule has 9 aromatic rings. The summed E-state index contributed by atoms with van der Waals surface area (Å²) in [6.07, 6.45) is 0. The van der Waals surface area contributed by atoms with Crippen molar-refractivity contribution in [2.75, 3.05) is 4.90 Å². The number of hydrogen-bond donors (Lipinski definition) is 0. The summed E-state index contributed by atoms with van der Waals surface area (Å²) in [7, 11) is 0. The molecule has 0 saturated carbocycles. The van der Waals surface area contributed by atoms with Gasteiger partial charge in [-0.25, -0.2) is 0 Å². The largest absolute Gasteiger partial charge is 0.456 e. The van der Waals surface area contributed by atoms with Crippen molar-refractivity contribution in [3.63, 3.8) is 0 Å². The Kier molecular flexibility index (Phi) is 6.56. The third kappa shape index (κ3) is 4.50. The first-order chi connectivity index (χ1) is 25.1. The summed E-state index contributed by atoms with van der Waals surface area (Å²) >= 11 is 0. The minimum Gasteiger partial charge on any atom is -0.456 e. The molecular weight excluding hydrogens is 619 g/mol. The smallest absolute Gasteiger partial charge is 0.137 e. The highest BCUT2D eigenvalue weighted by molar-refractivity contribution is 6.17. The van der Waals surface area contributed by atoms with E-state index >= 15 is 0 Å². The van der Waals surface area contributed by atoms with Gasteiger partial charge >= 0.3 is 0 Å². The molecule has 0 bridgehead atoms. The number of hydrogen-bond acceptors (Lipinski definition) is 2. The lowest BCUT2D eigenvalue weighted by Gasteiger charge is -2.31. The zero-order valence-corrected chi connectivity index (χ0v) is 28.6. The number of rotatable bonds is 5. The van der Waals surface area contributed by atoms with E-state index in [4.69, 9.17) is 4.42 Å². The van der Waals surface area contributed by atoms with Crippen molar-refractivity contribution in [3.05, 3.63) is 187 Å². The van der Waals surface area contributed by atoms with Gasteiger partial charge in [0.15, 0.2) is 0 Å². The van der Waals surface area contributed by atoms with Crippen LogP contribution < -0.4 is 4.90 Å². The van der Waals surface area contributed by atoms with Crippen molar-refractivity contribution in [3.8, 4) is 33.4 Å². The van der Waals surface area contributed by atoms with Crippen LogP contribution >= 0.6 is 0 Å². The molecule has 8 aromatic carbocycles. The standard InChI is InChI=1S/C49H35NO/c1-49(2)41-23-12-10-21-39(41)46-42(49)31-34-17-6-7-20-38(34)48(46)50(43-24-14-26-45-47(43)40-22-11-13-25-44(40)51-45)35-29-27-33(28-30-35)37-19-9-8-18-36(37)32-15-4-3-5-16-32/h3-31H,1-2H3. The van der Waals surface area contributed by atoms with Crippen molar-refractivity contribution in [2.24, 2.45) is 0 Å². The molecule has 242 valence electrons. The molecule has 1 heterocycles. The molecule has 2 heteroatoms. The van der Waals surface area contributed by atoms with E-state index in [2.05, 4.69) is 189 Å². The summed E-state index contributed by atoms with van der Waals surface area (Å²) in [6, 6.07) is 63.6. The van der Waals surface area contributed by atoms with E-state index in [9.17, 15) is 0 Å². The van der Waals surface area contributed by atoms with Crippen molar-refractivity contribution in [1.29, 1.82) is 0 Å². The molecule has 0 atom stereocenters. The molecule has 51 heavy (non-hydrogen) atoms. The minimum absolute atomic E-state index is 0.157. The SMILES string of the molecule is CC1(C)c2ccccc2-c2c1cc1ccccc1c2N(c1ccc(-c2ccccc2-c2ccccc2)cc1)c1cccc2oc3ccccc3c12. The van der Waals surface area contributed by atoms with Crippen LogP contribution in [0.3, 0.4) is 0 Å². The van der Waals surface area contributed by atoms with Crippen LogP contribution in [-0.2, 0) is 5.41 Å². The Labute approximate surface area is 297 Å². The Balaban J connectivity index is 1.28. The molecule has 10 rings (SSSR count). The topological polar surface area (TPSA) is 16.4 Å². The minimum atomic E-state index is -0.157. The molecule has 1 aromatic heterocycles. The van der Waals surface area contributed by atoms with Crippen LogP contribution in [0.4, 0.5) is 17.1 Å². The number of para-hydroxylation sites is 1. The zero-order chi connectivity index (χ0) is 34.1. The van der Waals surface area contributed by atoms with Crippen molar-refractivity contribution in [2.45, 2.75) is 19.3 Å². The van der Waals surface area contributed by atoms with Crippen molar-refractivity contribution in [1.82, 2.24) is 0 Å². The number of furan rings is 1. The molecule has 0 radical (unpaired) electrons. The van der Waals surface area contributed by atoms with Gasteiger partial charge in [-0.3, -0.25) is 0 Å². The summed E-state index contributed by atoms with van der Waals surface area (Å²) in [5.74, 6) is 0. The number of benzene rings is 8.